The number of hydrazone groups is 1. The average molecular weight is 878 g/mol. The van der Waals surface area contributed by atoms with Gasteiger partial charge in [-0.15, -0.1) is 6.58 Å². The molecular weight excluding hydrogens is 819 g/mol. The molecule has 6 aliphatic rings. The van der Waals surface area contributed by atoms with Gasteiger partial charge in [0.15, 0.2) is 0 Å². The standard InChI is InChI=1S/C44H59N7O10S/c1-6-28-21-44(28,41(54)50-62(56,57)31-13-14-31)47-39(52)34-18-30-22-51(34)40(53)38(26-10-7-8-11-26)46-42(55)60-24-43(3,4)15-9-12-27-17-32-33(19-35(27)58-5)45-37(20-36(32)61-30)59-23-29-16-25(2)48-49-29/h6,17,19-20,26,28-31,34,38,49H,1,7-16,18,21-24H2,2-5H3,(H,46,55)(H,47,52)(H,50,54)/t28-,29?,30-,34+,38+,44-/m1/s1. The van der Waals surface area contributed by atoms with Crippen LogP contribution in [0.15, 0.2) is 36.0 Å². The third kappa shape index (κ3) is 9.30. The number of amides is 4. The van der Waals surface area contributed by atoms with Gasteiger partial charge in [0.05, 0.1) is 37.1 Å². The van der Waals surface area contributed by atoms with Crippen molar-refractivity contribution in [2.75, 3.05) is 26.9 Å². The Morgan fingerprint density at radius 2 is 1.89 bits per heavy atom. The number of benzene rings is 1. The number of hydrogen-bond acceptors (Lipinski definition) is 13. The number of methoxy groups -OCH3 is 1. The summed E-state index contributed by atoms with van der Waals surface area (Å²) in [7, 11) is -2.31. The van der Waals surface area contributed by atoms with Crippen LogP contribution < -0.4 is 35.0 Å². The Balaban J connectivity index is 1.15. The minimum absolute atomic E-state index is 0.0239. The number of nitrogens with one attached hydrogen (secondary N) is 4. The van der Waals surface area contributed by atoms with Crippen LogP contribution in [0.5, 0.6) is 17.4 Å². The van der Waals surface area contributed by atoms with E-state index >= 15 is 0 Å². The fourth-order valence-corrected chi connectivity index (χ4v) is 10.8. The number of pyridine rings is 1. The molecule has 3 aliphatic heterocycles. The van der Waals surface area contributed by atoms with Gasteiger partial charge in [-0.2, -0.15) is 5.10 Å². The normalized spacial score (nSPS) is 29.0. The first-order chi connectivity index (χ1) is 29.6. The van der Waals surface area contributed by atoms with E-state index in [0.29, 0.717) is 67.0 Å². The zero-order chi connectivity index (χ0) is 44.0. The number of cyclic esters (lactones) is 1. The summed E-state index contributed by atoms with van der Waals surface area (Å²) in [6.07, 6.45) is 7.17. The maximum atomic E-state index is 15.0. The molecule has 17 nitrogen and oxygen atoms in total. The third-order valence-electron chi connectivity index (χ3n) is 13.3. The lowest BCUT2D eigenvalue weighted by molar-refractivity contribution is -0.142. The van der Waals surface area contributed by atoms with E-state index in [9.17, 15) is 27.6 Å². The molecule has 1 aromatic carbocycles. The van der Waals surface area contributed by atoms with E-state index in [0.717, 1.165) is 43.4 Å². The molecule has 0 radical (unpaired) electrons. The van der Waals surface area contributed by atoms with Crippen LogP contribution in [-0.2, 0) is 35.6 Å². The van der Waals surface area contributed by atoms with E-state index < -0.39 is 74.1 Å². The molecule has 62 heavy (non-hydrogen) atoms. The molecule has 6 atom stereocenters. The van der Waals surface area contributed by atoms with Crippen LogP contribution in [0.1, 0.15) is 97.0 Å². The van der Waals surface area contributed by atoms with Gasteiger partial charge in [0.25, 0.3) is 5.91 Å². The van der Waals surface area contributed by atoms with E-state index in [2.05, 4.69) is 32.5 Å². The fourth-order valence-electron chi connectivity index (χ4n) is 9.42. The summed E-state index contributed by atoms with van der Waals surface area (Å²) in [5.41, 5.74) is 3.59. The van der Waals surface area contributed by atoms with Crippen molar-refractivity contribution < 1.29 is 46.5 Å². The zero-order valence-corrected chi connectivity index (χ0v) is 36.8. The highest BCUT2D eigenvalue weighted by Crippen LogP contribution is 2.46. The lowest BCUT2D eigenvalue weighted by Crippen LogP contribution is -2.59. The molecule has 3 saturated carbocycles. The molecule has 4 N–H and O–H groups in total. The summed E-state index contributed by atoms with van der Waals surface area (Å²) < 4.78 is 52.7. The van der Waals surface area contributed by atoms with Gasteiger partial charge in [0.2, 0.25) is 27.7 Å². The van der Waals surface area contributed by atoms with Crippen molar-refractivity contribution in [3.8, 4) is 17.4 Å². The Morgan fingerprint density at radius 3 is 2.56 bits per heavy atom. The van der Waals surface area contributed by atoms with Crippen molar-refractivity contribution in [1.29, 1.82) is 0 Å². The minimum Gasteiger partial charge on any atom is -0.496 e. The highest BCUT2D eigenvalue weighted by molar-refractivity contribution is 7.91. The Morgan fingerprint density at radius 1 is 1.11 bits per heavy atom. The van der Waals surface area contributed by atoms with Gasteiger partial charge in [-0.25, -0.2) is 18.2 Å². The molecule has 1 saturated heterocycles. The van der Waals surface area contributed by atoms with Crippen LogP contribution in [0.3, 0.4) is 0 Å². The molecule has 8 rings (SSSR count). The smallest absolute Gasteiger partial charge is 0.407 e. The summed E-state index contributed by atoms with van der Waals surface area (Å²) in [5, 5.41) is 10.1. The first kappa shape index (κ1) is 43.5. The number of aryl methyl sites for hydroxylation is 1. The number of ether oxygens (including phenoxy) is 4. The Bertz CT molecular complexity index is 2260. The molecule has 4 fully saturated rings. The average Bonchev–Trinajstić information content (AvgIpc) is 4.03. The summed E-state index contributed by atoms with van der Waals surface area (Å²) in [6.45, 7) is 10.2. The Kier molecular flexibility index (Phi) is 12.1. The molecule has 3 aliphatic carbocycles. The molecule has 1 aromatic heterocycles. The molecule has 2 aromatic rings. The van der Waals surface area contributed by atoms with Gasteiger partial charge in [-0.05, 0) is 81.3 Å². The lowest BCUT2D eigenvalue weighted by atomic mass is 9.87. The van der Waals surface area contributed by atoms with Crippen molar-refractivity contribution in [1.82, 2.24) is 30.7 Å². The van der Waals surface area contributed by atoms with Crippen LogP contribution in [0.2, 0.25) is 0 Å². The summed E-state index contributed by atoms with van der Waals surface area (Å²) in [4.78, 5) is 63.1. The Hall–Kier alpha value is -5.13. The van der Waals surface area contributed by atoms with E-state index in [4.69, 9.17) is 23.9 Å². The van der Waals surface area contributed by atoms with E-state index in [1.54, 1.807) is 13.2 Å². The lowest BCUT2D eigenvalue weighted by Gasteiger charge is -2.32. The van der Waals surface area contributed by atoms with Crippen LogP contribution in [-0.4, -0.2) is 110 Å². The molecular formula is C44H59N7O10S. The van der Waals surface area contributed by atoms with Crippen LogP contribution >= 0.6 is 0 Å². The van der Waals surface area contributed by atoms with Gasteiger partial charge in [-0.1, -0.05) is 32.8 Å². The summed E-state index contributed by atoms with van der Waals surface area (Å²) in [6, 6.07) is 3.40. The number of carbonyl (C=O) groups is 4. The van der Waals surface area contributed by atoms with Crippen molar-refractivity contribution in [2.24, 2.45) is 22.4 Å². The van der Waals surface area contributed by atoms with Crippen molar-refractivity contribution in [3.63, 3.8) is 0 Å². The zero-order valence-electron chi connectivity index (χ0n) is 36.0. The predicted molar refractivity (Wildman–Crippen MR) is 229 cm³/mol. The molecule has 4 amide bonds. The SMILES string of the molecule is C=C[C@@H]1C[C@]1(NC(=O)[C@@H]1C[C@@H]2CN1C(=O)[C@H](C1CCCC1)NC(=O)OCC(C)(C)CCCc1cc3c(cc(OCC4CC(C)=NN4)nc3cc1OC)O2)C(=O)NS(=O)(=O)C1CC1. The minimum atomic E-state index is -3.92. The van der Waals surface area contributed by atoms with E-state index in [-0.39, 0.29) is 38.0 Å². The number of aromatic nitrogens is 1. The maximum Gasteiger partial charge on any atom is 0.407 e. The second kappa shape index (κ2) is 17.2. The largest absolute Gasteiger partial charge is 0.496 e. The molecule has 4 bridgehead atoms. The fraction of sp³-hybridized carbons (Fsp3) is 0.636. The Labute approximate surface area is 362 Å². The van der Waals surface area contributed by atoms with Gasteiger partial charge < -0.3 is 39.9 Å². The molecule has 1 unspecified atom stereocenters. The number of alkyl carbamates (subject to hydrolysis) is 1. The highest BCUT2D eigenvalue weighted by atomic mass is 32.2. The predicted octanol–water partition coefficient (Wildman–Crippen LogP) is 4.03. The second-order valence-corrected chi connectivity index (χ2v) is 20.7. The summed E-state index contributed by atoms with van der Waals surface area (Å²) >= 11 is 0. The number of nitrogens with zero attached hydrogens (tertiary/aromatic N) is 3. The number of carbonyl (C=O) groups excluding carboxylic acids is 4. The van der Waals surface area contributed by atoms with Crippen molar-refractivity contribution >= 4 is 50.5 Å². The van der Waals surface area contributed by atoms with E-state index in [1.807, 2.05) is 32.9 Å². The topological polar surface area (TPSA) is 216 Å². The van der Waals surface area contributed by atoms with Crippen LogP contribution in [0.4, 0.5) is 4.79 Å². The molecule has 4 heterocycles. The van der Waals surface area contributed by atoms with Crippen LogP contribution in [0, 0.1) is 17.3 Å². The van der Waals surface area contributed by atoms with Gasteiger partial charge in [0, 0.05) is 42.0 Å². The van der Waals surface area contributed by atoms with Crippen LogP contribution in [0.25, 0.3) is 10.9 Å². The van der Waals surface area contributed by atoms with Gasteiger partial charge >= 0.3 is 6.09 Å². The third-order valence-corrected chi connectivity index (χ3v) is 15.1. The first-order valence-electron chi connectivity index (χ1n) is 21.9. The van der Waals surface area contributed by atoms with Crippen molar-refractivity contribution in [2.45, 2.75) is 133 Å². The van der Waals surface area contributed by atoms with Gasteiger partial charge in [0.1, 0.15) is 41.8 Å². The number of rotatable bonds is 11. The van der Waals surface area contributed by atoms with Gasteiger partial charge in [-0.3, -0.25) is 19.1 Å². The summed E-state index contributed by atoms with van der Waals surface area (Å²) in [5.74, 6) is -1.30. The van der Waals surface area contributed by atoms with Crippen molar-refractivity contribution in [3.05, 3.63) is 36.4 Å². The molecule has 18 heteroatoms. The second-order valence-electron chi connectivity index (χ2n) is 18.8. The highest BCUT2D eigenvalue weighted by Gasteiger charge is 2.62. The molecule has 336 valence electrons. The first-order valence-corrected chi connectivity index (χ1v) is 23.5. The monoisotopic (exact) mass is 877 g/mol. The maximum absolute atomic E-state index is 15.0. The molecule has 0 spiro atoms. The quantitative estimate of drug-likeness (QED) is 0.236. The van der Waals surface area contributed by atoms with E-state index in [1.165, 1.54) is 11.0 Å². The number of fused-ring (bicyclic) bond motifs is 3. The number of hydrogen-bond donors (Lipinski definition) is 4. The number of sulfonamides is 1.